The van der Waals surface area contributed by atoms with Gasteiger partial charge in [-0.05, 0) is 56.5 Å². The number of nitrogens with zero attached hydrogens (tertiary/aromatic N) is 2. The molecule has 1 aromatic carbocycles. The van der Waals surface area contributed by atoms with Crippen LogP contribution in [0, 0.1) is 27.7 Å². The summed E-state index contributed by atoms with van der Waals surface area (Å²) >= 11 is 0. The van der Waals surface area contributed by atoms with Crippen LogP contribution in [0.2, 0.25) is 0 Å². The van der Waals surface area contributed by atoms with Crippen molar-refractivity contribution in [2.75, 3.05) is 7.11 Å². The van der Waals surface area contributed by atoms with Gasteiger partial charge in [-0.15, -0.1) is 0 Å². The normalized spacial score (nSPS) is 10.8. The quantitative estimate of drug-likeness (QED) is 0.810. The van der Waals surface area contributed by atoms with E-state index in [0.29, 0.717) is 0 Å². The Balaban J connectivity index is 2.70. The first-order chi connectivity index (χ1) is 8.45. The Morgan fingerprint density at radius 3 is 2.22 bits per heavy atom. The third-order valence-electron chi connectivity index (χ3n) is 3.51. The van der Waals surface area contributed by atoms with Gasteiger partial charge in [0.25, 0.3) is 0 Å². The van der Waals surface area contributed by atoms with Crippen molar-refractivity contribution in [1.29, 1.82) is 0 Å². The summed E-state index contributed by atoms with van der Waals surface area (Å²) in [6.45, 7) is 8.34. The van der Waals surface area contributed by atoms with Crippen LogP contribution in [0.4, 0.5) is 0 Å². The molecule has 1 heterocycles. The molecule has 3 heteroatoms. The van der Waals surface area contributed by atoms with Gasteiger partial charge in [0.2, 0.25) is 0 Å². The van der Waals surface area contributed by atoms with Crippen molar-refractivity contribution >= 4 is 0 Å². The van der Waals surface area contributed by atoms with E-state index in [1.165, 1.54) is 16.7 Å². The summed E-state index contributed by atoms with van der Waals surface area (Å²) in [4.78, 5) is 0. The van der Waals surface area contributed by atoms with E-state index < -0.39 is 0 Å². The van der Waals surface area contributed by atoms with Gasteiger partial charge < -0.3 is 4.74 Å². The van der Waals surface area contributed by atoms with Gasteiger partial charge in [-0.2, -0.15) is 5.10 Å². The highest BCUT2D eigenvalue weighted by molar-refractivity contribution is 5.69. The zero-order chi connectivity index (χ0) is 13.4. The highest BCUT2D eigenvalue weighted by Crippen LogP contribution is 2.34. The third kappa shape index (κ3) is 1.90. The number of aromatic nitrogens is 2. The minimum absolute atomic E-state index is 0.982. The van der Waals surface area contributed by atoms with Crippen LogP contribution in [-0.2, 0) is 7.05 Å². The molecular weight excluding hydrogens is 224 g/mol. The van der Waals surface area contributed by atoms with Gasteiger partial charge in [0.05, 0.1) is 18.5 Å². The average Bonchev–Trinajstić information content (AvgIpc) is 2.64. The number of aryl methyl sites for hydroxylation is 3. The van der Waals surface area contributed by atoms with Crippen LogP contribution in [0.15, 0.2) is 12.1 Å². The molecule has 0 fully saturated rings. The highest BCUT2D eigenvalue weighted by Gasteiger charge is 2.14. The van der Waals surface area contributed by atoms with E-state index >= 15 is 0 Å². The van der Waals surface area contributed by atoms with Crippen LogP contribution in [0.25, 0.3) is 11.3 Å². The maximum absolute atomic E-state index is 5.46. The first-order valence-corrected chi connectivity index (χ1v) is 6.11. The highest BCUT2D eigenvalue weighted by atomic mass is 16.5. The second-order valence-corrected chi connectivity index (χ2v) is 4.82. The molecule has 0 aliphatic carbocycles. The van der Waals surface area contributed by atoms with Crippen molar-refractivity contribution in [2.45, 2.75) is 27.7 Å². The number of benzene rings is 1. The van der Waals surface area contributed by atoms with Crippen LogP contribution in [0.1, 0.15) is 22.4 Å². The fraction of sp³-hybridized carbons (Fsp3) is 0.400. The lowest BCUT2D eigenvalue weighted by molar-refractivity contribution is 0.408. The van der Waals surface area contributed by atoms with E-state index in [1.54, 1.807) is 7.11 Å². The Morgan fingerprint density at radius 1 is 1.06 bits per heavy atom. The molecule has 96 valence electrons. The van der Waals surface area contributed by atoms with Crippen molar-refractivity contribution in [3.05, 3.63) is 34.5 Å². The molecule has 0 amide bonds. The summed E-state index contributed by atoms with van der Waals surface area (Å²) in [5.74, 6) is 0.982. The van der Waals surface area contributed by atoms with Gasteiger partial charge in [-0.25, -0.2) is 0 Å². The first-order valence-electron chi connectivity index (χ1n) is 6.11. The molecule has 0 aliphatic rings. The topological polar surface area (TPSA) is 27.1 Å². The molecule has 18 heavy (non-hydrogen) atoms. The molecule has 0 N–H and O–H groups in total. The SMILES string of the molecule is COc1c(C)cc(-c2cc(C)nn2C)c(C)c1C. The van der Waals surface area contributed by atoms with Gasteiger partial charge >= 0.3 is 0 Å². The minimum atomic E-state index is 0.982. The number of hydrogen-bond donors (Lipinski definition) is 0. The average molecular weight is 244 g/mol. The zero-order valence-electron chi connectivity index (χ0n) is 12.0. The standard InChI is InChI=1S/C15H20N2O/c1-9-7-13(11(3)12(4)15(9)18-6)14-8-10(2)16-17(14)5/h7-8H,1-6H3. The molecule has 2 rings (SSSR count). The second-order valence-electron chi connectivity index (χ2n) is 4.82. The van der Waals surface area contributed by atoms with Gasteiger partial charge in [0, 0.05) is 12.6 Å². The van der Waals surface area contributed by atoms with Crippen molar-refractivity contribution in [1.82, 2.24) is 9.78 Å². The van der Waals surface area contributed by atoms with Gasteiger partial charge in [-0.1, -0.05) is 0 Å². The Hall–Kier alpha value is -1.77. The molecular formula is C15H20N2O. The van der Waals surface area contributed by atoms with Crippen molar-refractivity contribution in [3.8, 4) is 17.0 Å². The van der Waals surface area contributed by atoms with E-state index in [-0.39, 0.29) is 0 Å². The van der Waals surface area contributed by atoms with Crippen molar-refractivity contribution in [2.24, 2.45) is 7.05 Å². The Bertz CT molecular complexity index is 597. The predicted molar refractivity (Wildman–Crippen MR) is 74.1 cm³/mol. The molecule has 0 saturated carbocycles. The summed E-state index contributed by atoms with van der Waals surface area (Å²) in [7, 11) is 3.71. The number of methoxy groups -OCH3 is 1. The van der Waals surface area contributed by atoms with Crippen LogP contribution >= 0.6 is 0 Å². The summed E-state index contributed by atoms with van der Waals surface area (Å²) in [6.07, 6.45) is 0. The molecule has 0 saturated heterocycles. The van der Waals surface area contributed by atoms with Crippen LogP contribution in [-0.4, -0.2) is 16.9 Å². The summed E-state index contributed by atoms with van der Waals surface area (Å²) < 4.78 is 7.39. The van der Waals surface area contributed by atoms with E-state index in [4.69, 9.17) is 4.74 Å². The first kappa shape index (κ1) is 12.7. The molecule has 0 radical (unpaired) electrons. The van der Waals surface area contributed by atoms with Gasteiger partial charge in [0.1, 0.15) is 5.75 Å². The largest absolute Gasteiger partial charge is 0.496 e. The maximum Gasteiger partial charge on any atom is 0.124 e. The number of rotatable bonds is 2. The lowest BCUT2D eigenvalue weighted by Crippen LogP contribution is -2.00. The lowest BCUT2D eigenvalue weighted by Gasteiger charge is -2.15. The molecule has 1 aromatic heterocycles. The monoisotopic (exact) mass is 244 g/mol. The number of hydrogen-bond acceptors (Lipinski definition) is 2. The molecule has 0 aliphatic heterocycles. The van der Waals surface area contributed by atoms with Crippen LogP contribution < -0.4 is 4.74 Å². The molecule has 0 bridgehead atoms. The van der Waals surface area contributed by atoms with Gasteiger partial charge in [0.15, 0.2) is 0 Å². The third-order valence-corrected chi connectivity index (χ3v) is 3.51. The van der Waals surface area contributed by atoms with Gasteiger partial charge in [-0.3, -0.25) is 4.68 Å². The van der Waals surface area contributed by atoms with E-state index in [0.717, 1.165) is 22.7 Å². The van der Waals surface area contributed by atoms with Crippen LogP contribution in [0.5, 0.6) is 5.75 Å². The molecule has 0 spiro atoms. The zero-order valence-corrected chi connectivity index (χ0v) is 12.0. The maximum atomic E-state index is 5.46. The fourth-order valence-electron chi connectivity index (χ4n) is 2.50. The van der Waals surface area contributed by atoms with Crippen molar-refractivity contribution in [3.63, 3.8) is 0 Å². The van der Waals surface area contributed by atoms with E-state index in [9.17, 15) is 0 Å². The molecule has 3 nitrogen and oxygen atoms in total. The Morgan fingerprint density at radius 2 is 1.72 bits per heavy atom. The Labute approximate surface area is 108 Å². The van der Waals surface area contributed by atoms with Crippen molar-refractivity contribution < 1.29 is 4.74 Å². The van der Waals surface area contributed by atoms with E-state index in [1.807, 2.05) is 18.7 Å². The van der Waals surface area contributed by atoms with Crippen LogP contribution in [0.3, 0.4) is 0 Å². The summed E-state index contributed by atoms with van der Waals surface area (Å²) in [5, 5.41) is 4.42. The van der Waals surface area contributed by atoms with E-state index in [2.05, 4.69) is 38.0 Å². The molecule has 2 aromatic rings. The number of ether oxygens (including phenoxy) is 1. The summed E-state index contributed by atoms with van der Waals surface area (Å²) in [5.41, 5.74) is 7.03. The second kappa shape index (κ2) is 4.48. The molecule has 0 unspecified atom stereocenters. The smallest absolute Gasteiger partial charge is 0.124 e. The molecule has 0 atom stereocenters. The fourth-order valence-corrected chi connectivity index (χ4v) is 2.50. The Kier molecular flexibility index (Phi) is 3.16. The summed E-state index contributed by atoms with van der Waals surface area (Å²) in [6, 6.07) is 4.30. The lowest BCUT2D eigenvalue weighted by atomic mass is 9.96. The minimum Gasteiger partial charge on any atom is -0.496 e. The predicted octanol–water partition coefficient (Wildman–Crippen LogP) is 3.33.